The highest BCUT2D eigenvalue weighted by Gasteiger charge is 2.40. The number of benzene rings is 1. The first-order chi connectivity index (χ1) is 11.1. The maximum absolute atomic E-state index is 11.0. The molecule has 1 unspecified atom stereocenters. The van der Waals surface area contributed by atoms with E-state index in [9.17, 15) is 18.0 Å². The molecule has 1 fully saturated rings. The summed E-state index contributed by atoms with van der Waals surface area (Å²) in [6.45, 7) is 3.73. The SMILES string of the molecule is CCC1(C)CC(=O)NC1=O.NS(=O)(=O)Cc1noc2ccccc12. The largest absolute Gasteiger partial charge is 0.356 e. The molecule has 1 aliphatic rings. The summed E-state index contributed by atoms with van der Waals surface area (Å²) in [7, 11) is -3.56. The van der Waals surface area contributed by atoms with Gasteiger partial charge in [-0.15, -0.1) is 0 Å². The predicted molar refractivity (Wildman–Crippen MR) is 87.0 cm³/mol. The zero-order valence-corrected chi connectivity index (χ0v) is 14.2. The standard InChI is InChI=1S/C8H8N2O3S.C7H11NO2/c9-14(11,12)5-7-6-3-1-2-4-8(6)13-10-7;1-3-7(2)4-5(9)8-6(7)10/h1-4H,5H2,(H2,9,11,12);3-4H2,1-2H3,(H,8,9,10). The Morgan fingerprint density at radius 3 is 2.50 bits per heavy atom. The molecule has 1 saturated heterocycles. The van der Waals surface area contributed by atoms with Gasteiger partial charge in [0.25, 0.3) is 0 Å². The number of nitrogens with one attached hydrogen (secondary N) is 1. The fourth-order valence-corrected chi connectivity index (χ4v) is 2.86. The lowest BCUT2D eigenvalue weighted by atomic mass is 9.86. The molecule has 130 valence electrons. The van der Waals surface area contributed by atoms with Gasteiger partial charge < -0.3 is 4.52 Å². The highest BCUT2D eigenvalue weighted by Crippen LogP contribution is 2.29. The molecule has 1 aromatic heterocycles. The maximum Gasteiger partial charge on any atom is 0.232 e. The van der Waals surface area contributed by atoms with Crippen LogP contribution in [0.2, 0.25) is 0 Å². The van der Waals surface area contributed by atoms with Crippen molar-refractivity contribution in [2.45, 2.75) is 32.4 Å². The van der Waals surface area contributed by atoms with Crippen molar-refractivity contribution in [2.75, 3.05) is 0 Å². The summed E-state index contributed by atoms with van der Waals surface area (Å²) in [5, 5.41) is 11.5. The van der Waals surface area contributed by atoms with Crippen molar-refractivity contribution in [1.82, 2.24) is 10.5 Å². The number of aromatic nitrogens is 1. The molecule has 2 aromatic rings. The van der Waals surface area contributed by atoms with Crippen LogP contribution in [-0.4, -0.2) is 25.4 Å². The Hall–Kier alpha value is -2.26. The lowest BCUT2D eigenvalue weighted by molar-refractivity contribution is -0.128. The van der Waals surface area contributed by atoms with E-state index in [-0.39, 0.29) is 17.6 Å². The predicted octanol–water partition coefficient (Wildman–Crippen LogP) is 1.07. The van der Waals surface area contributed by atoms with E-state index < -0.39 is 15.4 Å². The number of imide groups is 1. The van der Waals surface area contributed by atoms with Gasteiger partial charge in [-0.2, -0.15) is 0 Å². The minimum absolute atomic E-state index is 0.125. The molecule has 24 heavy (non-hydrogen) atoms. The van der Waals surface area contributed by atoms with Crippen LogP contribution >= 0.6 is 0 Å². The van der Waals surface area contributed by atoms with Crippen molar-refractivity contribution in [3.05, 3.63) is 30.0 Å². The number of rotatable bonds is 3. The third-order valence-corrected chi connectivity index (χ3v) is 4.60. The molecule has 3 N–H and O–H groups in total. The van der Waals surface area contributed by atoms with Gasteiger partial charge in [0.15, 0.2) is 5.58 Å². The molecule has 1 aromatic carbocycles. The van der Waals surface area contributed by atoms with Gasteiger partial charge in [-0.3, -0.25) is 14.9 Å². The molecular weight excluding hydrogens is 334 g/mol. The Bertz CT molecular complexity index is 874. The molecule has 0 aliphatic carbocycles. The van der Waals surface area contributed by atoms with E-state index in [0.29, 0.717) is 23.1 Å². The van der Waals surface area contributed by atoms with Crippen molar-refractivity contribution < 1.29 is 22.5 Å². The first-order valence-electron chi connectivity index (χ1n) is 7.32. The van der Waals surface area contributed by atoms with Gasteiger partial charge in [-0.25, -0.2) is 13.6 Å². The van der Waals surface area contributed by atoms with Gasteiger partial charge >= 0.3 is 0 Å². The number of carbonyl (C=O) groups excluding carboxylic acids is 2. The van der Waals surface area contributed by atoms with Crippen molar-refractivity contribution in [3.63, 3.8) is 0 Å². The average Bonchev–Trinajstić information content (AvgIpc) is 3.00. The number of amides is 2. The highest BCUT2D eigenvalue weighted by molar-refractivity contribution is 7.88. The van der Waals surface area contributed by atoms with Crippen molar-refractivity contribution in [3.8, 4) is 0 Å². The molecule has 0 radical (unpaired) electrons. The van der Waals surface area contributed by atoms with Gasteiger partial charge in [0, 0.05) is 11.8 Å². The van der Waals surface area contributed by atoms with Crippen LogP contribution in [0.15, 0.2) is 28.8 Å². The summed E-state index contributed by atoms with van der Waals surface area (Å²) in [6.07, 6.45) is 1.08. The zero-order valence-electron chi connectivity index (χ0n) is 13.4. The van der Waals surface area contributed by atoms with E-state index in [1.807, 2.05) is 13.8 Å². The number of carbonyl (C=O) groups is 2. The topological polar surface area (TPSA) is 132 Å². The highest BCUT2D eigenvalue weighted by atomic mass is 32.2. The Balaban J connectivity index is 0.000000185. The minimum atomic E-state index is -3.56. The van der Waals surface area contributed by atoms with Crippen LogP contribution in [0.4, 0.5) is 0 Å². The van der Waals surface area contributed by atoms with Gasteiger partial charge in [-0.1, -0.05) is 31.1 Å². The molecule has 0 spiro atoms. The van der Waals surface area contributed by atoms with Crippen LogP contribution in [0.3, 0.4) is 0 Å². The van der Waals surface area contributed by atoms with Gasteiger partial charge in [0.1, 0.15) is 11.4 Å². The smallest absolute Gasteiger partial charge is 0.232 e. The number of primary sulfonamides is 1. The summed E-state index contributed by atoms with van der Waals surface area (Å²) in [5.74, 6) is -0.571. The number of para-hydroxylation sites is 1. The first kappa shape index (κ1) is 18.1. The fraction of sp³-hybridized carbons (Fsp3) is 0.400. The number of hydrogen-bond acceptors (Lipinski definition) is 6. The van der Waals surface area contributed by atoms with E-state index in [2.05, 4.69) is 10.5 Å². The third kappa shape index (κ3) is 4.18. The van der Waals surface area contributed by atoms with E-state index in [1.165, 1.54) is 0 Å². The summed E-state index contributed by atoms with van der Waals surface area (Å²) < 4.78 is 26.6. The lowest BCUT2D eigenvalue weighted by Gasteiger charge is -2.14. The molecule has 9 heteroatoms. The molecule has 2 heterocycles. The Morgan fingerprint density at radius 2 is 2.00 bits per heavy atom. The Kier molecular flexibility index (Phi) is 5.05. The molecule has 3 rings (SSSR count). The number of nitrogens with two attached hydrogens (primary N) is 1. The van der Waals surface area contributed by atoms with Gasteiger partial charge in [0.05, 0.1) is 5.41 Å². The second kappa shape index (κ2) is 6.70. The van der Waals surface area contributed by atoms with Crippen LogP contribution in [0, 0.1) is 5.41 Å². The fourth-order valence-electron chi connectivity index (χ4n) is 2.27. The molecule has 1 atom stereocenters. The van der Waals surface area contributed by atoms with Crippen LogP contribution in [-0.2, 0) is 25.4 Å². The minimum Gasteiger partial charge on any atom is -0.356 e. The number of fused-ring (bicyclic) bond motifs is 1. The van der Waals surface area contributed by atoms with E-state index in [1.54, 1.807) is 24.3 Å². The molecular formula is C15H19N3O5S. The number of sulfonamides is 1. The van der Waals surface area contributed by atoms with Gasteiger partial charge in [0.2, 0.25) is 21.8 Å². The van der Waals surface area contributed by atoms with E-state index >= 15 is 0 Å². The Labute approximate surface area is 139 Å². The third-order valence-electron chi connectivity index (χ3n) is 3.92. The molecule has 8 nitrogen and oxygen atoms in total. The average molecular weight is 353 g/mol. The van der Waals surface area contributed by atoms with Crippen LogP contribution in [0.25, 0.3) is 11.0 Å². The quantitative estimate of drug-likeness (QED) is 0.793. The summed E-state index contributed by atoms with van der Waals surface area (Å²) >= 11 is 0. The number of hydrogen-bond donors (Lipinski definition) is 2. The lowest BCUT2D eigenvalue weighted by Crippen LogP contribution is -2.28. The molecule has 2 amide bonds. The van der Waals surface area contributed by atoms with E-state index in [4.69, 9.17) is 9.66 Å². The zero-order chi connectivity index (χ0) is 18.0. The van der Waals surface area contributed by atoms with Crippen molar-refractivity contribution >= 4 is 32.8 Å². The molecule has 0 saturated carbocycles. The second-order valence-corrected chi connectivity index (χ2v) is 7.52. The molecule has 0 bridgehead atoms. The van der Waals surface area contributed by atoms with Crippen LogP contribution < -0.4 is 10.5 Å². The maximum atomic E-state index is 11.0. The second-order valence-electron chi connectivity index (χ2n) is 5.90. The normalized spacial score (nSPS) is 20.6. The van der Waals surface area contributed by atoms with E-state index in [0.717, 1.165) is 6.42 Å². The first-order valence-corrected chi connectivity index (χ1v) is 9.04. The summed E-state index contributed by atoms with van der Waals surface area (Å²) in [4.78, 5) is 21.7. The summed E-state index contributed by atoms with van der Waals surface area (Å²) in [6, 6.07) is 7.03. The molecule has 1 aliphatic heterocycles. The van der Waals surface area contributed by atoms with Crippen LogP contribution in [0.1, 0.15) is 32.4 Å². The van der Waals surface area contributed by atoms with Crippen LogP contribution in [0.5, 0.6) is 0 Å². The van der Waals surface area contributed by atoms with Crippen molar-refractivity contribution in [2.24, 2.45) is 10.6 Å². The Morgan fingerprint density at radius 1 is 1.33 bits per heavy atom. The summed E-state index contributed by atoms with van der Waals surface area (Å²) in [5.41, 5.74) is 0.478. The monoisotopic (exact) mass is 353 g/mol. The van der Waals surface area contributed by atoms with Crippen molar-refractivity contribution in [1.29, 1.82) is 0 Å². The van der Waals surface area contributed by atoms with Gasteiger partial charge in [-0.05, 0) is 18.6 Å². The number of nitrogens with zero attached hydrogens (tertiary/aromatic N) is 1.